The van der Waals surface area contributed by atoms with E-state index < -0.39 is 17.8 Å². The number of piperidine rings is 1. The topological polar surface area (TPSA) is 85.9 Å². The molecule has 2 saturated heterocycles. The number of carbonyl (C=O) groups is 3. The fourth-order valence-corrected chi connectivity index (χ4v) is 5.92. The molecule has 1 aromatic heterocycles. The summed E-state index contributed by atoms with van der Waals surface area (Å²) < 4.78 is 15.2. The summed E-state index contributed by atoms with van der Waals surface area (Å²) in [4.78, 5) is 47.6. The van der Waals surface area contributed by atoms with Crippen molar-refractivity contribution < 1.29 is 18.8 Å². The first-order chi connectivity index (χ1) is 19.0. The fraction of sp³-hybridized carbons (Fsp3) is 0.333. The molecule has 2 unspecified atom stereocenters. The monoisotopic (exact) mass is 527 g/mol. The standard InChI is InChI=1S/C30H30FN5O3/c31-24-17-23-21(19-36(30(23)39)26-9-10-27(37)33-29(26)38)16-22(24)18-34-12-14-35(15-13-34)28(20-6-2-1-3-7-20)25-8-4-5-11-32-25/h1-8,11,16-17,26,28H,9-10,12-15,18-19H2,(H,33,37,38). The van der Waals surface area contributed by atoms with Crippen molar-refractivity contribution in [2.24, 2.45) is 0 Å². The number of imide groups is 1. The van der Waals surface area contributed by atoms with E-state index in [1.165, 1.54) is 16.5 Å². The summed E-state index contributed by atoms with van der Waals surface area (Å²) in [5, 5.41) is 2.30. The van der Waals surface area contributed by atoms with Gasteiger partial charge in [-0.25, -0.2) is 4.39 Å². The van der Waals surface area contributed by atoms with Crippen molar-refractivity contribution in [3.63, 3.8) is 0 Å². The summed E-state index contributed by atoms with van der Waals surface area (Å²) in [5.41, 5.74) is 3.77. The fourth-order valence-electron chi connectivity index (χ4n) is 5.92. The van der Waals surface area contributed by atoms with Crippen LogP contribution in [-0.2, 0) is 22.7 Å². The summed E-state index contributed by atoms with van der Waals surface area (Å²) in [5.74, 6) is -1.57. The Morgan fingerprint density at radius 2 is 1.74 bits per heavy atom. The number of carbonyl (C=O) groups excluding carboxylic acids is 3. The van der Waals surface area contributed by atoms with Crippen LogP contribution in [0.1, 0.15) is 51.6 Å². The molecule has 6 rings (SSSR count). The minimum Gasteiger partial charge on any atom is -0.322 e. The van der Waals surface area contributed by atoms with Crippen LogP contribution in [0.2, 0.25) is 0 Å². The van der Waals surface area contributed by atoms with Gasteiger partial charge in [0.15, 0.2) is 0 Å². The van der Waals surface area contributed by atoms with Crippen LogP contribution in [0.25, 0.3) is 0 Å². The van der Waals surface area contributed by atoms with Gasteiger partial charge in [-0.05, 0) is 41.8 Å². The molecule has 0 radical (unpaired) electrons. The van der Waals surface area contributed by atoms with Gasteiger partial charge in [-0.3, -0.25) is 34.5 Å². The first-order valence-corrected chi connectivity index (χ1v) is 13.4. The van der Waals surface area contributed by atoms with Crippen LogP contribution in [0, 0.1) is 5.82 Å². The lowest BCUT2D eigenvalue weighted by atomic mass is 10.00. The quantitative estimate of drug-likeness (QED) is 0.497. The molecular formula is C30H30FN5O3. The van der Waals surface area contributed by atoms with Crippen LogP contribution in [0.5, 0.6) is 0 Å². The molecular weight excluding hydrogens is 497 g/mol. The molecule has 3 aromatic rings. The molecule has 200 valence electrons. The number of hydrogen-bond acceptors (Lipinski definition) is 6. The molecule has 3 aliphatic rings. The van der Waals surface area contributed by atoms with Gasteiger partial charge in [0.05, 0.1) is 11.7 Å². The number of fused-ring (bicyclic) bond motifs is 1. The third kappa shape index (κ3) is 5.07. The molecule has 0 saturated carbocycles. The van der Waals surface area contributed by atoms with E-state index in [0.717, 1.165) is 37.4 Å². The zero-order valence-corrected chi connectivity index (χ0v) is 21.6. The van der Waals surface area contributed by atoms with Gasteiger partial charge in [0, 0.05) is 63.0 Å². The van der Waals surface area contributed by atoms with Gasteiger partial charge in [-0.2, -0.15) is 0 Å². The molecule has 3 aliphatic heterocycles. The predicted octanol–water partition coefficient (Wildman–Crippen LogP) is 2.89. The Kier molecular flexibility index (Phi) is 6.93. The van der Waals surface area contributed by atoms with E-state index in [9.17, 15) is 14.4 Å². The average Bonchev–Trinajstić information content (AvgIpc) is 3.26. The van der Waals surface area contributed by atoms with Crippen LogP contribution in [0.3, 0.4) is 0 Å². The molecule has 4 heterocycles. The molecule has 0 bridgehead atoms. The van der Waals surface area contributed by atoms with Crippen LogP contribution < -0.4 is 5.32 Å². The maximum Gasteiger partial charge on any atom is 0.255 e. The second-order valence-electron chi connectivity index (χ2n) is 10.4. The second-order valence-corrected chi connectivity index (χ2v) is 10.4. The summed E-state index contributed by atoms with van der Waals surface area (Å²) in [6.07, 6.45) is 2.30. The normalized spacial score (nSPS) is 21.1. The van der Waals surface area contributed by atoms with Gasteiger partial charge < -0.3 is 4.90 Å². The van der Waals surface area contributed by atoms with Gasteiger partial charge in [-0.15, -0.1) is 0 Å². The van der Waals surface area contributed by atoms with Crippen LogP contribution >= 0.6 is 0 Å². The Morgan fingerprint density at radius 1 is 0.974 bits per heavy atom. The number of piperazine rings is 1. The summed E-state index contributed by atoms with van der Waals surface area (Å²) in [7, 11) is 0. The molecule has 3 amide bonds. The van der Waals surface area contributed by atoms with Gasteiger partial charge in [0.2, 0.25) is 11.8 Å². The first kappa shape index (κ1) is 25.3. The lowest BCUT2D eigenvalue weighted by Gasteiger charge is -2.39. The number of nitrogens with zero attached hydrogens (tertiary/aromatic N) is 4. The van der Waals surface area contributed by atoms with Gasteiger partial charge in [0.25, 0.3) is 5.91 Å². The highest BCUT2D eigenvalue weighted by atomic mass is 19.1. The maximum absolute atomic E-state index is 15.2. The Balaban J connectivity index is 1.14. The number of pyridine rings is 1. The Morgan fingerprint density at radius 3 is 2.46 bits per heavy atom. The number of aromatic nitrogens is 1. The largest absolute Gasteiger partial charge is 0.322 e. The molecule has 8 nitrogen and oxygen atoms in total. The molecule has 1 N–H and O–H groups in total. The molecule has 9 heteroatoms. The van der Waals surface area contributed by atoms with E-state index in [0.29, 0.717) is 17.7 Å². The van der Waals surface area contributed by atoms with Crippen molar-refractivity contribution in [2.45, 2.75) is 38.0 Å². The molecule has 2 atom stereocenters. The SMILES string of the molecule is O=C1CCC(N2Cc3cc(CN4CCN(C(c5ccccc5)c5ccccn5)CC4)c(F)cc3C2=O)C(=O)N1. The van der Waals surface area contributed by atoms with Crippen molar-refractivity contribution in [1.82, 2.24) is 25.0 Å². The van der Waals surface area contributed by atoms with E-state index in [4.69, 9.17) is 0 Å². The minimum absolute atomic E-state index is 0.0514. The number of halogens is 1. The maximum atomic E-state index is 15.2. The van der Waals surface area contributed by atoms with E-state index in [2.05, 4.69) is 38.3 Å². The highest BCUT2D eigenvalue weighted by molar-refractivity contribution is 6.05. The van der Waals surface area contributed by atoms with E-state index in [-0.39, 0.29) is 37.2 Å². The van der Waals surface area contributed by atoms with Gasteiger partial charge in [-0.1, -0.05) is 36.4 Å². The number of amides is 3. The third-order valence-electron chi connectivity index (χ3n) is 7.94. The highest BCUT2D eigenvalue weighted by Crippen LogP contribution is 2.31. The number of rotatable bonds is 6. The Labute approximate surface area is 226 Å². The number of benzene rings is 2. The average molecular weight is 528 g/mol. The van der Waals surface area contributed by atoms with E-state index in [1.807, 2.05) is 36.5 Å². The van der Waals surface area contributed by atoms with E-state index >= 15 is 4.39 Å². The first-order valence-electron chi connectivity index (χ1n) is 13.4. The minimum atomic E-state index is -0.709. The van der Waals surface area contributed by atoms with Crippen LogP contribution in [0.4, 0.5) is 4.39 Å². The molecule has 2 fully saturated rings. The number of nitrogens with one attached hydrogen (secondary N) is 1. The summed E-state index contributed by atoms with van der Waals surface area (Å²) in [6.45, 7) is 3.85. The van der Waals surface area contributed by atoms with Crippen LogP contribution in [-0.4, -0.2) is 69.6 Å². The smallest absolute Gasteiger partial charge is 0.255 e. The molecule has 0 aliphatic carbocycles. The van der Waals surface area contributed by atoms with Crippen molar-refractivity contribution >= 4 is 17.7 Å². The molecule has 2 aromatic carbocycles. The predicted molar refractivity (Wildman–Crippen MR) is 142 cm³/mol. The number of hydrogen-bond donors (Lipinski definition) is 1. The van der Waals surface area contributed by atoms with Crippen molar-refractivity contribution in [1.29, 1.82) is 0 Å². The Bertz CT molecular complexity index is 1350. The lowest BCUT2D eigenvalue weighted by molar-refractivity contribution is -0.136. The molecule has 0 spiro atoms. The van der Waals surface area contributed by atoms with Gasteiger partial charge >= 0.3 is 0 Å². The zero-order valence-electron chi connectivity index (χ0n) is 21.6. The second kappa shape index (κ2) is 10.7. The lowest BCUT2D eigenvalue weighted by Crippen LogP contribution is -2.52. The zero-order chi connectivity index (χ0) is 26.9. The van der Waals surface area contributed by atoms with Gasteiger partial charge in [0.1, 0.15) is 11.9 Å². The van der Waals surface area contributed by atoms with Crippen molar-refractivity contribution in [2.75, 3.05) is 26.2 Å². The van der Waals surface area contributed by atoms with Crippen LogP contribution in [0.15, 0.2) is 66.9 Å². The highest BCUT2D eigenvalue weighted by Gasteiger charge is 2.39. The van der Waals surface area contributed by atoms with E-state index in [1.54, 1.807) is 6.07 Å². The van der Waals surface area contributed by atoms with Crippen molar-refractivity contribution in [3.05, 3.63) is 101 Å². The molecule has 39 heavy (non-hydrogen) atoms. The summed E-state index contributed by atoms with van der Waals surface area (Å²) >= 11 is 0. The Hall–Kier alpha value is -3.95. The van der Waals surface area contributed by atoms with Crippen molar-refractivity contribution in [3.8, 4) is 0 Å². The summed E-state index contributed by atoms with van der Waals surface area (Å²) in [6, 6.07) is 18.8. The third-order valence-corrected chi connectivity index (χ3v) is 7.94.